The van der Waals surface area contributed by atoms with Crippen molar-refractivity contribution in [3.05, 3.63) is 229 Å². The van der Waals surface area contributed by atoms with Gasteiger partial charge in [-0.15, -0.1) is 0 Å². The third kappa shape index (κ3) is 16.4. The van der Waals surface area contributed by atoms with E-state index in [2.05, 4.69) is 0 Å². The minimum absolute atomic E-state index is 0.0195. The number of ketones is 2. The molecule has 0 spiro atoms. The second kappa shape index (κ2) is 32.4. The maximum Gasteiger partial charge on any atom is 0.325 e. The standard InChI is InChI=1S/C28H32N2O5S.C26H28N2O5S.C21H28N2O4S/c1-4-35-26(31)19-30-20(2)24(27(21(30)3)28(32)22-12-6-5-7-13-22)18-23-14-8-9-15-25(23)36(33,34)29-16-10-11-17-29;1-18-22(16-21-12-6-7-13-23(21)34(32,33)27-14-8-9-15-27)25(19(2)28(18)17-24(29)30)26(31)20-10-4-3-5-11-20;1-4-27-21(24)15-23-16(2)13-19(17(23)3)14-18-9-5-6-10-20(18)28(25,26)22-11-7-8-12-22/h5-9,12-15H,4,10-11,16-19H2,1-3H3;3-7,10-13H,8-9,14-17H2,1-2H3,(H,29,30);5-6,9-10,13H,4,7-8,11-12,14-15H2,1-3H3. The quantitative estimate of drug-likeness (QED) is 0.0436. The van der Waals surface area contributed by atoms with Crippen molar-refractivity contribution in [1.82, 2.24) is 26.6 Å². The van der Waals surface area contributed by atoms with Crippen LogP contribution in [0.15, 0.2) is 154 Å². The molecular formula is C75H88N6O14S3. The van der Waals surface area contributed by atoms with Crippen molar-refractivity contribution >= 4 is 59.5 Å². The summed E-state index contributed by atoms with van der Waals surface area (Å²) >= 11 is 0. The molecule has 0 unspecified atom stereocenters. The number of rotatable bonds is 24. The molecule has 6 heterocycles. The maximum absolute atomic E-state index is 13.7. The molecule has 3 aromatic heterocycles. The predicted molar refractivity (Wildman–Crippen MR) is 374 cm³/mol. The topological polar surface area (TPSA) is 251 Å². The van der Waals surface area contributed by atoms with Crippen molar-refractivity contribution < 1.29 is 63.8 Å². The molecule has 3 fully saturated rings. The number of carboxylic acid groups (broad SMARTS) is 1. The zero-order valence-corrected chi connectivity index (χ0v) is 59.5. The molecule has 0 radical (unpaired) electrons. The number of carboxylic acids is 1. The van der Waals surface area contributed by atoms with E-state index in [4.69, 9.17) is 9.47 Å². The van der Waals surface area contributed by atoms with Crippen LogP contribution in [0.3, 0.4) is 0 Å². The van der Waals surface area contributed by atoms with Crippen molar-refractivity contribution in [1.29, 1.82) is 0 Å². The largest absolute Gasteiger partial charge is 0.480 e. The van der Waals surface area contributed by atoms with Crippen LogP contribution in [0.5, 0.6) is 0 Å². The smallest absolute Gasteiger partial charge is 0.325 e. The van der Waals surface area contributed by atoms with Gasteiger partial charge in [0.15, 0.2) is 11.6 Å². The number of aromatic nitrogens is 3. The van der Waals surface area contributed by atoms with Gasteiger partial charge in [-0.25, -0.2) is 25.3 Å². The van der Waals surface area contributed by atoms with Gasteiger partial charge in [-0.2, -0.15) is 12.9 Å². The van der Waals surface area contributed by atoms with Gasteiger partial charge in [0.2, 0.25) is 30.1 Å². The Hall–Kier alpha value is -8.58. The van der Waals surface area contributed by atoms with E-state index in [9.17, 15) is 54.3 Å². The molecule has 3 saturated heterocycles. The zero-order valence-electron chi connectivity index (χ0n) is 57.1. The second-order valence-electron chi connectivity index (χ2n) is 24.8. The highest BCUT2D eigenvalue weighted by Crippen LogP contribution is 2.35. The first-order valence-corrected chi connectivity index (χ1v) is 37.6. The van der Waals surface area contributed by atoms with Crippen LogP contribution >= 0.6 is 0 Å². The Kier molecular flexibility index (Phi) is 24.4. The van der Waals surface area contributed by atoms with E-state index in [1.165, 1.54) is 8.61 Å². The summed E-state index contributed by atoms with van der Waals surface area (Å²) in [4.78, 5) is 63.9. The highest BCUT2D eigenvalue weighted by atomic mass is 32.2. The maximum atomic E-state index is 13.7. The summed E-state index contributed by atoms with van der Waals surface area (Å²) in [6.07, 6.45) is 6.17. The molecule has 3 aliphatic rings. The highest BCUT2D eigenvalue weighted by molar-refractivity contribution is 7.89. The molecule has 8 aromatic rings. The number of hydrogen-bond acceptors (Lipinski definition) is 13. The average Bonchev–Trinajstić information content (AvgIpc) is 1.60. The minimum Gasteiger partial charge on any atom is -0.480 e. The molecule has 0 bridgehead atoms. The Morgan fingerprint density at radius 3 is 1.05 bits per heavy atom. The molecular weight excluding hydrogens is 1310 g/mol. The van der Waals surface area contributed by atoms with E-state index in [-0.39, 0.29) is 72.4 Å². The normalized spacial score (nSPS) is 14.5. The second-order valence-corrected chi connectivity index (χ2v) is 30.5. The van der Waals surface area contributed by atoms with Gasteiger partial charge in [-0.1, -0.05) is 115 Å². The lowest BCUT2D eigenvalue weighted by atomic mass is 9.95. The van der Waals surface area contributed by atoms with Gasteiger partial charge in [0.25, 0.3) is 0 Å². The first-order valence-electron chi connectivity index (χ1n) is 33.3. The zero-order chi connectivity index (χ0) is 70.6. The average molecular weight is 1390 g/mol. The molecule has 0 aliphatic carbocycles. The fraction of sp³-hybridized carbons (Fsp3) is 0.373. The molecule has 0 atom stereocenters. The molecule has 0 amide bonds. The summed E-state index contributed by atoms with van der Waals surface area (Å²) < 4.78 is 100.0. The monoisotopic (exact) mass is 1390 g/mol. The fourth-order valence-electron chi connectivity index (χ4n) is 13.5. The van der Waals surface area contributed by atoms with Crippen molar-refractivity contribution in [3.8, 4) is 0 Å². The molecule has 20 nitrogen and oxygen atoms in total. The van der Waals surface area contributed by atoms with Crippen molar-refractivity contribution in [2.45, 2.75) is 147 Å². The SMILES string of the molecule is CCOC(=O)Cn1c(C)c(Cc2ccccc2S(=O)(=O)N2CCCC2)c(C(=O)c2ccccc2)c1C.CCOC(=O)Cn1c(C)cc(Cc2ccccc2S(=O)(=O)N2CCCC2)c1C.Cc1c(Cc2ccccc2S(=O)(=O)N2CCCC2)c(C(=O)c2ccccc2)c(C)n1CC(=O)O. The van der Waals surface area contributed by atoms with Gasteiger partial charge < -0.3 is 28.3 Å². The Morgan fingerprint density at radius 1 is 0.388 bits per heavy atom. The first kappa shape index (κ1) is 73.7. The lowest BCUT2D eigenvalue weighted by Crippen LogP contribution is -2.28. The lowest BCUT2D eigenvalue weighted by molar-refractivity contribution is -0.144. The summed E-state index contributed by atoms with van der Waals surface area (Å²) in [5.41, 5.74) is 10.9. The molecule has 0 saturated carbocycles. The Labute approximate surface area is 576 Å². The number of carbonyl (C=O) groups excluding carboxylic acids is 4. The molecule has 5 aromatic carbocycles. The number of aliphatic carboxylic acids is 1. The van der Waals surface area contributed by atoms with Gasteiger partial charge in [-0.05, 0) is 152 Å². The van der Waals surface area contributed by atoms with Gasteiger partial charge in [-0.3, -0.25) is 24.0 Å². The molecule has 1 N–H and O–H groups in total. The van der Waals surface area contributed by atoms with Crippen LogP contribution in [-0.2, 0) is 92.8 Å². The van der Waals surface area contributed by atoms with E-state index in [1.54, 1.807) is 132 Å². The minimum atomic E-state index is -3.66. The third-order valence-electron chi connectivity index (χ3n) is 18.6. The number of aryl methyl sites for hydroxylation is 1. The third-order valence-corrected chi connectivity index (χ3v) is 24.6. The lowest BCUT2D eigenvalue weighted by Gasteiger charge is -2.18. The number of esters is 2. The van der Waals surface area contributed by atoms with Crippen molar-refractivity contribution in [3.63, 3.8) is 0 Å². The number of hydrogen-bond donors (Lipinski definition) is 1. The summed E-state index contributed by atoms with van der Waals surface area (Å²) in [6, 6.07) is 40.9. The van der Waals surface area contributed by atoms with E-state index in [0.29, 0.717) is 113 Å². The van der Waals surface area contributed by atoms with Crippen molar-refractivity contribution in [2.24, 2.45) is 0 Å². The van der Waals surface area contributed by atoms with E-state index in [0.717, 1.165) is 72.3 Å². The van der Waals surface area contributed by atoms with Gasteiger partial charge in [0.05, 0.1) is 27.9 Å². The number of nitrogens with zero attached hydrogens (tertiary/aromatic N) is 6. The van der Waals surface area contributed by atoms with Crippen LogP contribution in [0, 0.1) is 41.5 Å². The van der Waals surface area contributed by atoms with Crippen molar-refractivity contribution in [2.75, 3.05) is 52.5 Å². The Morgan fingerprint density at radius 2 is 0.704 bits per heavy atom. The molecule has 23 heteroatoms. The summed E-state index contributed by atoms with van der Waals surface area (Å²) in [5.74, 6) is -2.04. The van der Waals surface area contributed by atoms with Gasteiger partial charge >= 0.3 is 17.9 Å². The number of ether oxygens (including phenoxy) is 2. The van der Waals surface area contributed by atoms with Crippen LogP contribution in [0.1, 0.15) is 152 Å². The summed E-state index contributed by atoms with van der Waals surface area (Å²) in [7, 11) is -10.8. The first-order chi connectivity index (χ1) is 46.8. The summed E-state index contributed by atoms with van der Waals surface area (Å²) in [6.45, 7) is 18.3. The predicted octanol–water partition coefficient (Wildman–Crippen LogP) is 11.1. The summed E-state index contributed by atoms with van der Waals surface area (Å²) in [5, 5.41) is 9.44. The number of carbonyl (C=O) groups is 5. The van der Waals surface area contributed by atoms with Crippen LogP contribution in [0.4, 0.5) is 0 Å². The Bertz CT molecular complexity index is 4580. The fourth-order valence-corrected chi connectivity index (χ4v) is 18.7. The highest BCUT2D eigenvalue weighted by Gasteiger charge is 2.35. The molecule has 3 aliphatic heterocycles. The van der Waals surface area contributed by atoms with Crippen LogP contribution < -0.4 is 0 Å². The van der Waals surface area contributed by atoms with E-state index < -0.39 is 36.0 Å². The van der Waals surface area contributed by atoms with Crippen LogP contribution in [0.2, 0.25) is 0 Å². The number of sulfonamides is 3. The number of benzene rings is 5. The Balaban J connectivity index is 0.000000173. The molecule has 520 valence electrons. The van der Waals surface area contributed by atoms with Gasteiger partial charge in [0, 0.05) is 115 Å². The van der Waals surface area contributed by atoms with Crippen LogP contribution in [0.25, 0.3) is 0 Å². The van der Waals surface area contributed by atoms with Gasteiger partial charge in [0.1, 0.15) is 19.6 Å². The molecule has 98 heavy (non-hydrogen) atoms. The van der Waals surface area contributed by atoms with E-state index >= 15 is 0 Å². The van der Waals surface area contributed by atoms with Crippen LogP contribution in [-0.4, -0.2) is 139 Å². The molecule has 11 rings (SSSR count). The van der Waals surface area contributed by atoms with E-state index in [1.807, 2.05) is 80.8 Å².